The van der Waals surface area contributed by atoms with Crippen molar-refractivity contribution >= 4 is 11.0 Å². The number of nitrogens with one attached hydrogen (secondary N) is 1. The van der Waals surface area contributed by atoms with Gasteiger partial charge in [-0.05, 0) is 30.9 Å². The summed E-state index contributed by atoms with van der Waals surface area (Å²) in [6.07, 6.45) is 13.2. The number of fused-ring (bicyclic) bond motifs is 1. The molecule has 1 atom stereocenters. The second-order valence-electron chi connectivity index (χ2n) is 6.24. The number of aromatic amines is 1. The van der Waals surface area contributed by atoms with Crippen molar-refractivity contribution in [1.29, 1.82) is 0 Å². The van der Waals surface area contributed by atoms with Crippen molar-refractivity contribution in [2.24, 2.45) is 11.1 Å². The van der Waals surface area contributed by atoms with Crippen LogP contribution in [0.2, 0.25) is 0 Å². The zero-order valence-corrected chi connectivity index (χ0v) is 12.9. The lowest BCUT2D eigenvalue weighted by Crippen LogP contribution is -2.14. The molecule has 0 saturated heterocycles. The second kappa shape index (κ2) is 5.95. The van der Waals surface area contributed by atoms with E-state index in [1.165, 1.54) is 19.3 Å². The summed E-state index contributed by atoms with van der Waals surface area (Å²) in [5, 5.41) is 8.89. The molecule has 1 fully saturated rings. The van der Waals surface area contributed by atoms with E-state index in [1.54, 1.807) is 12.4 Å². The number of rotatable bonds is 4. The third kappa shape index (κ3) is 2.54. The Morgan fingerprint density at radius 1 is 1.26 bits per heavy atom. The van der Waals surface area contributed by atoms with E-state index >= 15 is 0 Å². The molecule has 0 amide bonds. The van der Waals surface area contributed by atoms with Gasteiger partial charge >= 0.3 is 0 Å². The molecule has 0 spiro atoms. The summed E-state index contributed by atoms with van der Waals surface area (Å²) in [6, 6.07) is 3.62. The Labute approximate surface area is 133 Å². The summed E-state index contributed by atoms with van der Waals surface area (Å²) >= 11 is 0. The Balaban J connectivity index is 1.68. The number of hydrogen-bond donors (Lipinski definition) is 1. The number of hydrogen-bond acceptors (Lipinski definition) is 4. The quantitative estimate of drug-likeness (QED) is 0.736. The molecule has 1 aliphatic rings. The van der Waals surface area contributed by atoms with Gasteiger partial charge in [0.25, 0.3) is 0 Å². The van der Waals surface area contributed by atoms with Crippen molar-refractivity contribution < 1.29 is 0 Å². The third-order valence-corrected chi connectivity index (χ3v) is 4.84. The largest absolute Gasteiger partial charge is 0.346 e. The van der Waals surface area contributed by atoms with Crippen LogP contribution < -0.4 is 0 Å². The van der Waals surface area contributed by atoms with E-state index < -0.39 is 0 Å². The molecular weight excluding hydrogens is 290 g/mol. The normalized spacial score (nSPS) is 17.4. The minimum Gasteiger partial charge on any atom is -0.346 e. The average molecular weight is 309 g/mol. The van der Waals surface area contributed by atoms with E-state index in [1.807, 2.05) is 29.2 Å². The van der Waals surface area contributed by atoms with Gasteiger partial charge in [-0.2, -0.15) is 10.0 Å². The van der Waals surface area contributed by atoms with Crippen molar-refractivity contribution in [3.05, 3.63) is 47.4 Å². The zero-order chi connectivity index (χ0) is 15.6. The van der Waals surface area contributed by atoms with Crippen LogP contribution in [0.4, 0.5) is 0 Å². The highest BCUT2D eigenvalue weighted by Crippen LogP contribution is 2.37. The van der Waals surface area contributed by atoms with E-state index in [9.17, 15) is 4.91 Å². The van der Waals surface area contributed by atoms with Gasteiger partial charge in [0.1, 0.15) is 11.7 Å². The SMILES string of the molecule is O=NC(c1cnn(-c2ccnc3[nH]ccc23)c1)C1CCCCC1. The fourth-order valence-electron chi connectivity index (χ4n) is 3.64. The lowest BCUT2D eigenvalue weighted by atomic mass is 9.82. The minimum absolute atomic E-state index is 0.285. The van der Waals surface area contributed by atoms with Crippen molar-refractivity contribution in [2.75, 3.05) is 0 Å². The average Bonchev–Trinajstić information content (AvgIpc) is 3.25. The molecule has 0 bridgehead atoms. The van der Waals surface area contributed by atoms with Crippen molar-refractivity contribution in [1.82, 2.24) is 19.7 Å². The van der Waals surface area contributed by atoms with Crippen LogP contribution in [0, 0.1) is 10.8 Å². The first kappa shape index (κ1) is 14.1. The number of nitrogens with zero attached hydrogens (tertiary/aromatic N) is 4. The summed E-state index contributed by atoms with van der Waals surface area (Å²) in [7, 11) is 0. The number of H-pyrrole nitrogens is 1. The number of nitroso groups, excluding NO2 is 1. The molecule has 3 heterocycles. The Hall–Kier alpha value is -2.50. The van der Waals surface area contributed by atoms with Crippen molar-refractivity contribution in [3.8, 4) is 5.69 Å². The van der Waals surface area contributed by atoms with Crippen LogP contribution in [0.15, 0.2) is 42.1 Å². The Kier molecular flexibility index (Phi) is 3.65. The maximum Gasteiger partial charge on any atom is 0.139 e. The molecule has 1 unspecified atom stereocenters. The number of pyridine rings is 1. The predicted molar refractivity (Wildman–Crippen MR) is 88.3 cm³/mol. The van der Waals surface area contributed by atoms with Gasteiger partial charge in [-0.3, -0.25) is 0 Å². The lowest BCUT2D eigenvalue weighted by molar-refractivity contribution is 0.308. The van der Waals surface area contributed by atoms with Gasteiger partial charge in [-0.25, -0.2) is 9.67 Å². The molecule has 4 rings (SSSR count). The molecule has 6 heteroatoms. The van der Waals surface area contributed by atoms with Gasteiger partial charge in [0, 0.05) is 29.5 Å². The monoisotopic (exact) mass is 309 g/mol. The van der Waals surface area contributed by atoms with Gasteiger partial charge in [-0.15, -0.1) is 0 Å². The molecule has 1 N–H and O–H groups in total. The Morgan fingerprint density at radius 2 is 2.13 bits per heavy atom. The highest BCUT2D eigenvalue weighted by atomic mass is 16.3. The highest BCUT2D eigenvalue weighted by molar-refractivity contribution is 5.84. The first-order valence-electron chi connectivity index (χ1n) is 8.16. The lowest BCUT2D eigenvalue weighted by Gasteiger charge is -2.24. The van der Waals surface area contributed by atoms with Gasteiger partial charge in [0.2, 0.25) is 0 Å². The molecule has 0 aliphatic heterocycles. The molecule has 1 aliphatic carbocycles. The third-order valence-electron chi connectivity index (χ3n) is 4.84. The van der Waals surface area contributed by atoms with Crippen LogP contribution in [0.3, 0.4) is 0 Å². The molecular formula is C17H19N5O. The van der Waals surface area contributed by atoms with Crippen LogP contribution in [-0.2, 0) is 0 Å². The maximum absolute atomic E-state index is 11.4. The fraction of sp³-hybridized carbons (Fsp3) is 0.412. The summed E-state index contributed by atoms with van der Waals surface area (Å²) in [4.78, 5) is 18.8. The molecule has 23 heavy (non-hydrogen) atoms. The van der Waals surface area contributed by atoms with Gasteiger partial charge in [0.15, 0.2) is 0 Å². The summed E-state index contributed by atoms with van der Waals surface area (Å²) < 4.78 is 1.81. The maximum atomic E-state index is 11.4. The summed E-state index contributed by atoms with van der Waals surface area (Å²) in [5.41, 5.74) is 2.69. The summed E-state index contributed by atoms with van der Waals surface area (Å²) in [5.74, 6) is 0.351. The van der Waals surface area contributed by atoms with Crippen LogP contribution in [0.25, 0.3) is 16.7 Å². The molecule has 3 aromatic heterocycles. The van der Waals surface area contributed by atoms with Crippen LogP contribution >= 0.6 is 0 Å². The zero-order valence-electron chi connectivity index (χ0n) is 12.9. The van der Waals surface area contributed by atoms with Crippen LogP contribution in [0.5, 0.6) is 0 Å². The van der Waals surface area contributed by atoms with Crippen molar-refractivity contribution in [2.45, 2.75) is 38.1 Å². The Morgan fingerprint density at radius 3 is 2.96 bits per heavy atom. The van der Waals surface area contributed by atoms with Gasteiger partial charge in [-0.1, -0.05) is 24.4 Å². The minimum atomic E-state index is -0.285. The second-order valence-corrected chi connectivity index (χ2v) is 6.24. The number of aromatic nitrogens is 4. The van der Waals surface area contributed by atoms with E-state index in [-0.39, 0.29) is 6.04 Å². The van der Waals surface area contributed by atoms with E-state index in [0.29, 0.717) is 5.92 Å². The first-order chi connectivity index (χ1) is 11.4. The molecule has 3 aromatic rings. The van der Waals surface area contributed by atoms with Gasteiger partial charge < -0.3 is 4.98 Å². The first-order valence-corrected chi connectivity index (χ1v) is 8.16. The fourth-order valence-corrected chi connectivity index (χ4v) is 3.64. The summed E-state index contributed by atoms with van der Waals surface area (Å²) in [6.45, 7) is 0. The smallest absolute Gasteiger partial charge is 0.139 e. The molecule has 0 radical (unpaired) electrons. The van der Waals surface area contributed by atoms with Crippen molar-refractivity contribution in [3.63, 3.8) is 0 Å². The highest BCUT2D eigenvalue weighted by Gasteiger charge is 2.27. The molecule has 6 nitrogen and oxygen atoms in total. The topological polar surface area (TPSA) is 75.9 Å². The molecule has 1 saturated carbocycles. The molecule has 0 aromatic carbocycles. The standard InChI is InChI=1S/C17H19N5O/c23-21-16(12-4-2-1-3-5-12)13-10-20-22(11-13)15-7-9-19-17-14(15)6-8-18-17/h6-12,16H,1-5H2,(H,18,19). The van der Waals surface area contributed by atoms with E-state index in [4.69, 9.17) is 0 Å². The predicted octanol–water partition coefficient (Wildman–Crippen LogP) is 4.14. The Bertz CT molecular complexity index is 815. The van der Waals surface area contributed by atoms with Gasteiger partial charge in [0.05, 0.1) is 11.9 Å². The van der Waals surface area contributed by atoms with Crippen LogP contribution in [0.1, 0.15) is 43.7 Å². The van der Waals surface area contributed by atoms with E-state index in [0.717, 1.165) is 35.1 Å². The van der Waals surface area contributed by atoms with Crippen LogP contribution in [-0.4, -0.2) is 19.7 Å². The van der Waals surface area contributed by atoms with E-state index in [2.05, 4.69) is 20.2 Å². The molecule has 118 valence electrons.